The third-order valence-electron chi connectivity index (χ3n) is 4.22. The number of piperidine rings is 1. The minimum atomic E-state index is -0.119. The molecule has 0 aliphatic carbocycles. The van der Waals surface area contributed by atoms with Gasteiger partial charge in [-0.25, -0.2) is 0 Å². The molecular weight excluding hydrogens is 322 g/mol. The minimum absolute atomic E-state index is 0.0367. The number of amides is 2. The van der Waals surface area contributed by atoms with Gasteiger partial charge in [0, 0.05) is 37.9 Å². The molecule has 2 aromatic rings. The number of likely N-dealkylation sites (tertiary alicyclic amines) is 1. The van der Waals surface area contributed by atoms with Crippen molar-refractivity contribution >= 4 is 23.2 Å². The summed E-state index contributed by atoms with van der Waals surface area (Å²) in [5.74, 6) is -0.0445. The largest absolute Gasteiger partial charge is 0.355 e. The predicted octanol–water partition coefficient (Wildman–Crippen LogP) is 2.35. The first-order valence-corrected chi connectivity index (χ1v) is 9.12. The van der Waals surface area contributed by atoms with Gasteiger partial charge in [-0.1, -0.05) is 12.1 Å². The monoisotopic (exact) mass is 343 g/mol. The molecule has 3 heterocycles. The summed E-state index contributed by atoms with van der Waals surface area (Å²) in [6.07, 6.45) is 4.18. The van der Waals surface area contributed by atoms with E-state index in [1.807, 2.05) is 35.7 Å². The van der Waals surface area contributed by atoms with Crippen molar-refractivity contribution < 1.29 is 9.59 Å². The highest BCUT2D eigenvalue weighted by Gasteiger charge is 2.29. The molecule has 1 fully saturated rings. The molecule has 0 radical (unpaired) electrons. The van der Waals surface area contributed by atoms with E-state index >= 15 is 0 Å². The maximum absolute atomic E-state index is 12.4. The third kappa shape index (κ3) is 4.20. The Bertz CT molecular complexity index is 673. The van der Waals surface area contributed by atoms with Gasteiger partial charge in [0.15, 0.2) is 0 Å². The smallest absolute Gasteiger partial charge is 0.263 e. The molecule has 0 saturated carbocycles. The fourth-order valence-corrected chi connectivity index (χ4v) is 3.63. The molecule has 24 heavy (non-hydrogen) atoms. The first-order valence-electron chi connectivity index (χ1n) is 8.24. The molecule has 0 spiro atoms. The summed E-state index contributed by atoms with van der Waals surface area (Å²) in [6.45, 7) is 1.81. The van der Waals surface area contributed by atoms with Crippen molar-refractivity contribution in [2.45, 2.75) is 19.3 Å². The number of hydrogen-bond donors (Lipinski definition) is 1. The van der Waals surface area contributed by atoms with Crippen molar-refractivity contribution in [3.8, 4) is 0 Å². The van der Waals surface area contributed by atoms with E-state index in [4.69, 9.17) is 0 Å². The van der Waals surface area contributed by atoms with Crippen LogP contribution in [0, 0.1) is 5.92 Å². The lowest BCUT2D eigenvalue weighted by Gasteiger charge is -2.31. The number of rotatable bonds is 5. The van der Waals surface area contributed by atoms with E-state index < -0.39 is 0 Å². The van der Waals surface area contributed by atoms with Crippen molar-refractivity contribution in [2.75, 3.05) is 19.6 Å². The van der Waals surface area contributed by atoms with Crippen LogP contribution in [0.2, 0.25) is 0 Å². The predicted molar refractivity (Wildman–Crippen MR) is 93.9 cm³/mol. The first-order chi connectivity index (χ1) is 11.7. The van der Waals surface area contributed by atoms with Crippen LogP contribution in [-0.4, -0.2) is 41.3 Å². The van der Waals surface area contributed by atoms with Crippen LogP contribution < -0.4 is 5.32 Å². The van der Waals surface area contributed by atoms with Gasteiger partial charge in [0.25, 0.3) is 5.91 Å². The second-order valence-corrected chi connectivity index (χ2v) is 6.88. The van der Waals surface area contributed by atoms with Crippen LogP contribution >= 0.6 is 11.3 Å². The van der Waals surface area contributed by atoms with Crippen molar-refractivity contribution in [3.05, 3.63) is 52.5 Å². The molecule has 1 aliphatic heterocycles. The number of aromatic nitrogens is 1. The van der Waals surface area contributed by atoms with Crippen molar-refractivity contribution in [1.82, 2.24) is 15.2 Å². The molecule has 0 bridgehead atoms. The SMILES string of the molecule is O=C(NCCc1ccccn1)[C@H]1CCCN(C(=O)c2cccs2)C1. The Hall–Kier alpha value is -2.21. The van der Waals surface area contributed by atoms with Gasteiger partial charge >= 0.3 is 0 Å². The van der Waals surface area contributed by atoms with E-state index in [2.05, 4.69) is 10.3 Å². The van der Waals surface area contributed by atoms with Crippen LogP contribution in [0.4, 0.5) is 0 Å². The van der Waals surface area contributed by atoms with Crippen molar-refractivity contribution in [3.63, 3.8) is 0 Å². The highest BCUT2D eigenvalue weighted by atomic mass is 32.1. The maximum atomic E-state index is 12.4. The highest BCUT2D eigenvalue weighted by molar-refractivity contribution is 7.12. The first kappa shape index (κ1) is 16.6. The summed E-state index contributed by atoms with van der Waals surface area (Å²) in [4.78, 5) is 31.6. The molecule has 0 aromatic carbocycles. The van der Waals surface area contributed by atoms with Crippen LogP contribution in [-0.2, 0) is 11.2 Å². The van der Waals surface area contributed by atoms with Gasteiger partial charge in [0.2, 0.25) is 5.91 Å². The number of carbonyl (C=O) groups is 2. The molecule has 1 atom stereocenters. The van der Waals surface area contributed by atoms with Gasteiger partial charge in [-0.3, -0.25) is 14.6 Å². The van der Waals surface area contributed by atoms with Crippen molar-refractivity contribution in [2.24, 2.45) is 5.92 Å². The zero-order valence-corrected chi connectivity index (χ0v) is 14.3. The number of nitrogens with one attached hydrogen (secondary N) is 1. The second-order valence-electron chi connectivity index (χ2n) is 5.93. The Kier molecular flexibility index (Phi) is 5.59. The molecular formula is C18H21N3O2S. The highest BCUT2D eigenvalue weighted by Crippen LogP contribution is 2.20. The lowest BCUT2D eigenvalue weighted by Crippen LogP contribution is -2.45. The van der Waals surface area contributed by atoms with Crippen LogP contribution in [0.3, 0.4) is 0 Å². The molecule has 5 nitrogen and oxygen atoms in total. The van der Waals surface area contributed by atoms with E-state index in [0.29, 0.717) is 13.1 Å². The summed E-state index contributed by atoms with van der Waals surface area (Å²) in [5, 5.41) is 4.88. The average Bonchev–Trinajstić information content (AvgIpc) is 3.16. The van der Waals surface area contributed by atoms with Crippen LogP contribution in [0.25, 0.3) is 0 Å². The molecule has 2 aromatic heterocycles. The summed E-state index contributed by atoms with van der Waals surface area (Å²) in [5.41, 5.74) is 0.968. The fraction of sp³-hybridized carbons (Fsp3) is 0.389. The molecule has 1 saturated heterocycles. The second kappa shape index (κ2) is 8.06. The zero-order chi connectivity index (χ0) is 16.8. The van der Waals surface area contributed by atoms with E-state index in [9.17, 15) is 9.59 Å². The molecule has 6 heteroatoms. The number of carbonyl (C=O) groups excluding carboxylic acids is 2. The summed E-state index contributed by atoms with van der Waals surface area (Å²) in [6, 6.07) is 9.49. The Balaban J connectivity index is 1.49. The molecule has 2 amide bonds. The van der Waals surface area contributed by atoms with Crippen LogP contribution in [0.15, 0.2) is 41.9 Å². The van der Waals surface area contributed by atoms with Crippen LogP contribution in [0.1, 0.15) is 28.2 Å². The Morgan fingerprint density at radius 2 is 2.21 bits per heavy atom. The average molecular weight is 343 g/mol. The summed E-state index contributed by atoms with van der Waals surface area (Å²) >= 11 is 1.45. The molecule has 126 valence electrons. The summed E-state index contributed by atoms with van der Waals surface area (Å²) < 4.78 is 0. The Labute approximate surface area is 145 Å². The fourth-order valence-electron chi connectivity index (χ4n) is 2.94. The lowest BCUT2D eigenvalue weighted by molar-refractivity contribution is -0.126. The van der Waals surface area contributed by atoms with Gasteiger partial charge in [-0.15, -0.1) is 11.3 Å². The van der Waals surface area contributed by atoms with E-state index in [1.165, 1.54) is 11.3 Å². The van der Waals surface area contributed by atoms with Gasteiger partial charge in [-0.05, 0) is 36.4 Å². The quantitative estimate of drug-likeness (QED) is 0.906. The van der Waals surface area contributed by atoms with Gasteiger partial charge in [-0.2, -0.15) is 0 Å². The molecule has 3 rings (SSSR count). The molecule has 1 aliphatic rings. The normalized spacial score (nSPS) is 17.5. The lowest BCUT2D eigenvalue weighted by atomic mass is 9.97. The standard InChI is InChI=1S/C18H21N3O2S/c22-17(20-10-8-15-6-1-2-9-19-15)14-5-3-11-21(13-14)18(23)16-7-4-12-24-16/h1-2,4,6-7,9,12,14H,3,5,8,10-11,13H2,(H,20,22)/t14-/m0/s1. The van der Waals surface area contributed by atoms with Crippen molar-refractivity contribution in [1.29, 1.82) is 0 Å². The van der Waals surface area contributed by atoms with Crippen LogP contribution in [0.5, 0.6) is 0 Å². The topological polar surface area (TPSA) is 62.3 Å². The van der Waals surface area contributed by atoms with Gasteiger partial charge < -0.3 is 10.2 Å². The van der Waals surface area contributed by atoms with Gasteiger partial charge in [0.05, 0.1) is 10.8 Å². The number of thiophene rings is 1. The van der Waals surface area contributed by atoms with E-state index in [0.717, 1.165) is 36.4 Å². The zero-order valence-electron chi connectivity index (χ0n) is 13.5. The van der Waals surface area contributed by atoms with Gasteiger partial charge in [0.1, 0.15) is 0 Å². The molecule has 0 unspecified atom stereocenters. The number of hydrogen-bond acceptors (Lipinski definition) is 4. The number of nitrogens with zero attached hydrogens (tertiary/aromatic N) is 2. The number of pyridine rings is 1. The minimum Gasteiger partial charge on any atom is -0.355 e. The summed E-state index contributed by atoms with van der Waals surface area (Å²) in [7, 11) is 0. The van der Waals surface area contributed by atoms with E-state index in [1.54, 1.807) is 11.1 Å². The Morgan fingerprint density at radius 3 is 2.96 bits per heavy atom. The Morgan fingerprint density at radius 1 is 1.29 bits per heavy atom. The van der Waals surface area contributed by atoms with E-state index in [-0.39, 0.29) is 17.7 Å². The maximum Gasteiger partial charge on any atom is 0.263 e. The molecule has 1 N–H and O–H groups in total. The third-order valence-corrected chi connectivity index (χ3v) is 5.08.